The molecule has 0 saturated carbocycles. The number of hydrogen-bond donors (Lipinski definition) is 0. The average Bonchev–Trinajstić information content (AvgIpc) is 2.07. The second-order valence-electron chi connectivity index (χ2n) is 3.40. The number of hydrogen-bond acceptors (Lipinski definition) is 6. The monoisotopic (exact) mass is 240 g/mol. The Morgan fingerprint density at radius 3 is 2.27 bits per heavy atom. The first-order chi connectivity index (χ1) is 6.92. The van der Waals surface area contributed by atoms with E-state index in [0.29, 0.717) is 19.1 Å². The average molecular weight is 240 g/mol. The van der Waals surface area contributed by atoms with Gasteiger partial charge >= 0.3 is 0 Å². The molecule has 0 aromatic carbocycles. The molecule has 0 aromatic heterocycles. The van der Waals surface area contributed by atoms with Crippen molar-refractivity contribution in [1.29, 1.82) is 0 Å². The van der Waals surface area contributed by atoms with E-state index < -0.39 is 14.6 Å². The van der Waals surface area contributed by atoms with Gasteiger partial charge in [-0.05, 0) is 12.3 Å². The summed E-state index contributed by atoms with van der Waals surface area (Å²) in [5, 5.41) is 0. The van der Waals surface area contributed by atoms with E-state index in [1.807, 2.05) is 0 Å². The molecule has 0 bridgehead atoms. The Morgan fingerprint density at radius 2 is 1.73 bits per heavy atom. The zero-order chi connectivity index (χ0) is 11.7. The van der Waals surface area contributed by atoms with Crippen molar-refractivity contribution in [3.05, 3.63) is 0 Å². The van der Waals surface area contributed by atoms with Crippen LogP contribution >= 0.6 is 7.82 Å². The molecular weight excluding hydrogens is 223 g/mol. The van der Waals surface area contributed by atoms with Crippen molar-refractivity contribution < 1.29 is 28.3 Å². The number of phosphoric ester groups is 1. The summed E-state index contributed by atoms with van der Waals surface area (Å²) in [6, 6.07) is 0. The summed E-state index contributed by atoms with van der Waals surface area (Å²) in [7, 11) is -4.91. The van der Waals surface area contributed by atoms with E-state index in [2.05, 4.69) is 18.4 Å². The van der Waals surface area contributed by atoms with Crippen LogP contribution in [0.1, 0.15) is 20.3 Å². The molecule has 0 unspecified atom stereocenters. The Bertz CT molecular complexity index is 190. The second kappa shape index (κ2) is 8.21. The quantitative estimate of drug-likeness (QED) is 0.316. The standard InChI is InChI=1S/C8H19O6P/c1-8(2)3-4-12-5-6-13-7-14-15(9,10)11/h8H,3-7H2,1-2H3,(H2,9,10,11)/p-2. The lowest BCUT2D eigenvalue weighted by molar-refractivity contribution is -0.346. The Balaban J connectivity index is 3.09. The van der Waals surface area contributed by atoms with Crippen LogP contribution in [0.25, 0.3) is 0 Å². The first-order valence-electron chi connectivity index (χ1n) is 4.74. The summed E-state index contributed by atoms with van der Waals surface area (Å²) >= 11 is 0. The fourth-order valence-electron chi connectivity index (χ4n) is 0.700. The molecule has 0 radical (unpaired) electrons. The SMILES string of the molecule is CC(C)CCOCCOCOP(=O)([O-])[O-]. The van der Waals surface area contributed by atoms with Crippen molar-refractivity contribution >= 4 is 7.82 Å². The van der Waals surface area contributed by atoms with E-state index in [0.717, 1.165) is 6.42 Å². The smallest absolute Gasteiger partial charge is 0.151 e. The van der Waals surface area contributed by atoms with Crippen LogP contribution in [0.5, 0.6) is 0 Å². The Hall–Kier alpha value is 0.0300. The van der Waals surface area contributed by atoms with Gasteiger partial charge in [-0.15, -0.1) is 0 Å². The lowest BCUT2D eigenvalue weighted by atomic mass is 10.1. The van der Waals surface area contributed by atoms with Crippen molar-refractivity contribution in [2.24, 2.45) is 5.92 Å². The van der Waals surface area contributed by atoms with Crippen molar-refractivity contribution in [2.75, 3.05) is 26.6 Å². The predicted octanol–water partition coefficient (Wildman–Crippen LogP) is -0.131. The normalized spacial score (nSPS) is 12.3. The van der Waals surface area contributed by atoms with Crippen LogP contribution in [0.3, 0.4) is 0 Å². The molecule has 7 heteroatoms. The topological polar surface area (TPSA) is 90.9 Å². The van der Waals surface area contributed by atoms with Crippen LogP contribution in [0.2, 0.25) is 0 Å². The maximum atomic E-state index is 9.98. The molecule has 0 N–H and O–H groups in total. The Labute approximate surface area is 89.8 Å². The third kappa shape index (κ3) is 14.0. The number of ether oxygens (including phenoxy) is 2. The highest BCUT2D eigenvalue weighted by Gasteiger charge is 1.95. The van der Waals surface area contributed by atoms with Crippen LogP contribution in [0.4, 0.5) is 0 Å². The zero-order valence-corrected chi connectivity index (χ0v) is 9.90. The molecule has 0 fully saturated rings. The molecular formula is C8H17O6P-2. The molecule has 6 nitrogen and oxygen atoms in total. The highest BCUT2D eigenvalue weighted by atomic mass is 31.2. The summed E-state index contributed by atoms with van der Waals surface area (Å²) in [5.41, 5.74) is 0. The molecule has 0 atom stereocenters. The molecule has 0 saturated heterocycles. The van der Waals surface area contributed by atoms with Gasteiger partial charge in [-0.2, -0.15) is 0 Å². The van der Waals surface area contributed by atoms with Gasteiger partial charge in [-0.1, -0.05) is 13.8 Å². The Kier molecular flexibility index (Phi) is 8.23. The third-order valence-corrected chi connectivity index (χ3v) is 1.93. The molecule has 0 spiro atoms. The van der Waals surface area contributed by atoms with Crippen LogP contribution in [-0.2, 0) is 18.6 Å². The highest BCUT2D eigenvalue weighted by molar-refractivity contribution is 7.43. The van der Waals surface area contributed by atoms with Crippen LogP contribution < -0.4 is 9.79 Å². The van der Waals surface area contributed by atoms with E-state index in [9.17, 15) is 14.4 Å². The van der Waals surface area contributed by atoms with Gasteiger partial charge < -0.3 is 28.3 Å². The van der Waals surface area contributed by atoms with Gasteiger partial charge in [-0.25, -0.2) is 0 Å². The van der Waals surface area contributed by atoms with Gasteiger partial charge in [0, 0.05) is 6.61 Å². The maximum absolute atomic E-state index is 9.98. The summed E-state index contributed by atoms with van der Waals surface area (Å²) in [6.45, 7) is 4.85. The van der Waals surface area contributed by atoms with Crippen LogP contribution in [0, 0.1) is 5.92 Å². The van der Waals surface area contributed by atoms with E-state index in [-0.39, 0.29) is 6.61 Å². The maximum Gasteiger partial charge on any atom is 0.151 e. The minimum Gasteiger partial charge on any atom is -0.790 e. The third-order valence-electron chi connectivity index (χ3n) is 1.51. The zero-order valence-electron chi connectivity index (χ0n) is 9.01. The minimum atomic E-state index is -4.91. The van der Waals surface area contributed by atoms with Crippen molar-refractivity contribution in [2.45, 2.75) is 20.3 Å². The van der Waals surface area contributed by atoms with E-state index in [1.165, 1.54) is 0 Å². The number of phosphoric acid groups is 1. The largest absolute Gasteiger partial charge is 0.790 e. The second-order valence-corrected chi connectivity index (χ2v) is 4.55. The van der Waals surface area contributed by atoms with Crippen molar-refractivity contribution in [3.8, 4) is 0 Å². The van der Waals surface area contributed by atoms with Gasteiger partial charge in [0.25, 0.3) is 0 Å². The summed E-state index contributed by atoms with van der Waals surface area (Å²) in [5.74, 6) is 0.584. The summed E-state index contributed by atoms with van der Waals surface area (Å²) in [4.78, 5) is 20.0. The van der Waals surface area contributed by atoms with Gasteiger partial charge in [0.2, 0.25) is 0 Å². The molecule has 0 heterocycles. The lowest BCUT2D eigenvalue weighted by Crippen LogP contribution is -2.18. The highest BCUT2D eigenvalue weighted by Crippen LogP contribution is 2.23. The van der Waals surface area contributed by atoms with Gasteiger partial charge in [0.15, 0.2) is 6.79 Å². The lowest BCUT2D eigenvalue weighted by Gasteiger charge is -2.27. The van der Waals surface area contributed by atoms with Gasteiger partial charge in [-0.3, -0.25) is 0 Å². The molecule has 15 heavy (non-hydrogen) atoms. The summed E-state index contributed by atoms with van der Waals surface area (Å²) < 4.78 is 23.7. The Morgan fingerprint density at radius 1 is 1.13 bits per heavy atom. The predicted molar refractivity (Wildman–Crippen MR) is 49.8 cm³/mol. The molecule has 0 aliphatic heterocycles. The van der Waals surface area contributed by atoms with E-state index >= 15 is 0 Å². The first kappa shape index (κ1) is 15.0. The summed E-state index contributed by atoms with van der Waals surface area (Å²) in [6.07, 6.45) is 0.965. The van der Waals surface area contributed by atoms with E-state index in [4.69, 9.17) is 9.47 Å². The minimum absolute atomic E-state index is 0.206. The first-order valence-corrected chi connectivity index (χ1v) is 6.20. The molecule has 0 aliphatic carbocycles. The fourth-order valence-corrected chi connectivity index (χ4v) is 0.903. The van der Waals surface area contributed by atoms with Crippen LogP contribution in [-0.4, -0.2) is 26.6 Å². The fraction of sp³-hybridized carbons (Fsp3) is 1.00. The molecule has 0 aliphatic rings. The molecule has 92 valence electrons. The van der Waals surface area contributed by atoms with Crippen LogP contribution in [0.15, 0.2) is 0 Å². The molecule has 0 aromatic rings. The van der Waals surface area contributed by atoms with Gasteiger partial charge in [0.1, 0.15) is 0 Å². The van der Waals surface area contributed by atoms with E-state index in [1.54, 1.807) is 0 Å². The molecule has 0 rings (SSSR count). The number of rotatable bonds is 9. The molecule has 0 amide bonds. The van der Waals surface area contributed by atoms with Crippen molar-refractivity contribution in [3.63, 3.8) is 0 Å². The van der Waals surface area contributed by atoms with Gasteiger partial charge in [0.05, 0.1) is 21.0 Å². The van der Waals surface area contributed by atoms with Crippen molar-refractivity contribution in [1.82, 2.24) is 0 Å².